The van der Waals surface area contributed by atoms with E-state index in [0.717, 1.165) is 29.7 Å². The van der Waals surface area contributed by atoms with Crippen molar-refractivity contribution >= 4 is 38.9 Å². The second-order valence-electron chi connectivity index (χ2n) is 12.9. The molecule has 2 aliphatic rings. The number of aromatic nitrogens is 2. The topological polar surface area (TPSA) is 135 Å². The number of allylic oxidation sites excluding steroid dienone is 2. The van der Waals surface area contributed by atoms with Gasteiger partial charge in [0.1, 0.15) is 17.4 Å². The largest absolute Gasteiger partial charge is 0.384 e. The first kappa shape index (κ1) is 29.7. The molecule has 216 valence electrons. The lowest BCUT2D eigenvalue weighted by molar-refractivity contribution is -0.120. The summed E-state index contributed by atoms with van der Waals surface area (Å²) in [7, 11) is -4.29. The molecule has 40 heavy (non-hydrogen) atoms. The lowest BCUT2D eigenvalue weighted by Crippen LogP contribution is -2.41. The summed E-state index contributed by atoms with van der Waals surface area (Å²) in [5.41, 5.74) is 7.91. The van der Waals surface area contributed by atoms with E-state index in [-0.39, 0.29) is 39.1 Å². The van der Waals surface area contributed by atoms with E-state index in [4.69, 9.17) is 10.7 Å². The monoisotopic (exact) mass is 567 g/mol. The molecule has 0 aromatic carbocycles. The number of ketones is 1. The lowest BCUT2D eigenvalue weighted by Gasteiger charge is -2.36. The molecule has 2 atom stereocenters. The maximum atomic E-state index is 13.8. The van der Waals surface area contributed by atoms with Gasteiger partial charge in [-0.15, -0.1) is 0 Å². The average Bonchev–Trinajstić information content (AvgIpc) is 3.13. The van der Waals surface area contributed by atoms with Gasteiger partial charge in [-0.2, -0.15) is 8.42 Å². The summed E-state index contributed by atoms with van der Waals surface area (Å²) in [5, 5.41) is -0.331. The Morgan fingerprint density at radius 2 is 1.88 bits per heavy atom. The minimum atomic E-state index is -4.29. The van der Waals surface area contributed by atoms with E-state index in [0.29, 0.717) is 31.1 Å². The Bertz CT molecular complexity index is 1470. The van der Waals surface area contributed by atoms with Crippen molar-refractivity contribution < 1.29 is 18.0 Å². The molecule has 2 aromatic rings. The summed E-state index contributed by atoms with van der Waals surface area (Å²) in [6, 6.07) is 6.04. The Morgan fingerprint density at radius 1 is 1.18 bits per heavy atom. The van der Waals surface area contributed by atoms with Crippen molar-refractivity contribution in [1.82, 2.24) is 14.7 Å². The first-order valence-corrected chi connectivity index (χ1v) is 15.3. The molecule has 0 saturated carbocycles. The van der Waals surface area contributed by atoms with Crippen LogP contribution in [0.3, 0.4) is 0 Å². The van der Waals surface area contributed by atoms with Crippen LogP contribution in [0.1, 0.15) is 95.8 Å². The van der Waals surface area contributed by atoms with Crippen LogP contribution < -0.4 is 15.4 Å². The molecule has 0 spiro atoms. The Kier molecular flexibility index (Phi) is 7.88. The van der Waals surface area contributed by atoms with Crippen molar-refractivity contribution in [2.45, 2.75) is 90.1 Å². The lowest BCUT2D eigenvalue weighted by atomic mass is 9.80. The number of carbonyl (C=O) groups is 2. The number of carbonyl (C=O) groups excluding carboxylic acids is 2. The van der Waals surface area contributed by atoms with Gasteiger partial charge in [0.2, 0.25) is 0 Å². The number of nitrogens with one attached hydrogen (secondary N) is 1. The zero-order chi connectivity index (χ0) is 29.6. The van der Waals surface area contributed by atoms with E-state index in [2.05, 4.69) is 62.2 Å². The van der Waals surface area contributed by atoms with Crippen LogP contribution in [0.5, 0.6) is 0 Å². The third-order valence-corrected chi connectivity index (χ3v) is 9.10. The van der Waals surface area contributed by atoms with Crippen LogP contribution in [0.4, 0.5) is 11.6 Å². The molecule has 3 heterocycles. The number of nitrogens with two attached hydrogens (primary N) is 1. The third kappa shape index (κ3) is 6.06. The van der Waals surface area contributed by atoms with Gasteiger partial charge >= 0.3 is 0 Å². The summed E-state index contributed by atoms with van der Waals surface area (Å²) in [5.74, 6) is 0.257. The third-order valence-electron chi connectivity index (χ3n) is 7.87. The number of anilines is 2. The normalized spacial score (nSPS) is 21.2. The number of pyridine rings is 2. The maximum absolute atomic E-state index is 13.8. The van der Waals surface area contributed by atoms with Crippen molar-refractivity contribution in [1.29, 1.82) is 0 Å². The predicted molar refractivity (Wildman–Crippen MR) is 157 cm³/mol. The van der Waals surface area contributed by atoms with Gasteiger partial charge in [0, 0.05) is 29.0 Å². The molecule has 1 saturated heterocycles. The zero-order valence-electron chi connectivity index (χ0n) is 24.5. The molecule has 2 unspecified atom stereocenters. The predicted octanol–water partition coefficient (Wildman–Crippen LogP) is 4.87. The highest BCUT2D eigenvalue weighted by Gasteiger charge is 2.40. The quantitative estimate of drug-likeness (QED) is 0.505. The highest BCUT2D eigenvalue weighted by Crippen LogP contribution is 2.42. The minimum Gasteiger partial charge on any atom is -0.384 e. The van der Waals surface area contributed by atoms with Gasteiger partial charge in [0.05, 0.1) is 11.3 Å². The maximum Gasteiger partial charge on any atom is 0.281 e. The van der Waals surface area contributed by atoms with Gasteiger partial charge < -0.3 is 10.6 Å². The molecule has 3 N–H and O–H groups in total. The second kappa shape index (κ2) is 10.6. The van der Waals surface area contributed by atoms with Gasteiger partial charge in [-0.25, -0.2) is 14.7 Å². The van der Waals surface area contributed by atoms with Gasteiger partial charge in [-0.05, 0) is 76.1 Å². The molecule has 1 aliphatic heterocycles. The Balaban J connectivity index is 1.88. The molecule has 1 aliphatic carbocycles. The highest BCUT2D eigenvalue weighted by molar-refractivity contribution is 7.90. The van der Waals surface area contributed by atoms with Crippen molar-refractivity contribution in [3.8, 4) is 0 Å². The van der Waals surface area contributed by atoms with Crippen LogP contribution >= 0.6 is 0 Å². The van der Waals surface area contributed by atoms with Crippen LogP contribution in [0, 0.1) is 11.8 Å². The number of rotatable bonds is 6. The van der Waals surface area contributed by atoms with E-state index in [9.17, 15) is 18.0 Å². The molecule has 1 fully saturated rings. The fourth-order valence-electron chi connectivity index (χ4n) is 5.91. The van der Waals surface area contributed by atoms with E-state index in [1.807, 2.05) is 0 Å². The summed E-state index contributed by atoms with van der Waals surface area (Å²) < 4.78 is 28.5. The van der Waals surface area contributed by atoms with Gasteiger partial charge in [-0.3, -0.25) is 9.59 Å². The molecule has 10 heteroatoms. The summed E-state index contributed by atoms with van der Waals surface area (Å²) >= 11 is 0. The Morgan fingerprint density at radius 3 is 2.40 bits per heavy atom. The van der Waals surface area contributed by atoms with E-state index >= 15 is 0 Å². The Labute approximate surface area is 237 Å². The summed E-state index contributed by atoms with van der Waals surface area (Å²) in [4.78, 5) is 37.0. The first-order valence-electron chi connectivity index (χ1n) is 13.8. The molecule has 9 nitrogen and oxygen atoms in total. The number of sulfonamides is 1. The fraction of sp³-hybridized carbons (Fsp3) is 0.533. The van der Waals surface area contributed by atoms with Crippen LogP contribution in [0.15, 0.2) is 35.4 Å². The highest BCUT2D eigenvalue weighted by atomic mass is 32.2. The Hall–Kier alpha value is -3.27. The van der Waals surface area contributed by atoms with Gasteiger partial charge in [0.25, 0.3) is 15.9 Å². The molecule has 1 amide bonds. The zero-order valence-corrected chi connectivity index (χ0v) is 25.4. The number of amides is 1. The second-order valence-corrected chi connectivity index (χ2v) is 14.5. The number of Topliss-reactive ketones (excluding diaryl/α,β-unsaturated/α-hetero) is 1. The van der Waals surface area contributed by atoms with Crippen molar-refractivity contribution in [2.75, 3.05) is 17.2 Å². The summed E-state index contributed by atoms with van der Waals surface area (Å²) in [6.07, 6.45) is 5.00. The van der Waals surface area contributed by atoms with Gasteiger partial charge in [-0.1, -0.05) is 39.8 Å². The molecule has 4 rings (SSSR count). The van der Waals surface area contributed by atoms with Crippen molar-refractivity contribution in [2.24, 2.45) is 11.8 Å². The molecule has 0 bridgehead atoms. The minimum absolute atomic E-state index is 0.0142. The number of nitrogens with zero attached hydrogens (tertiary/aromatic N) is 3. The van der Waals surface area contributed by atoms with Crippen molar-refractivity contribution in [3.05, 3.63) is 47.2 Å². The molecule has 0 radical (unpaired) electrons. The molecular weight excluding hydrogens is 526 g/mol. The summed E-state index contributed by atoms with van der Waals surface area (Å²) in [6.45, 7) is 14.9. The molecular formula is C30H41N5O4S. The van der Waals surface area contributed by atoms with Crippen LogP contribution in [-0.4, -0.2) is 42.2 Å². The SMILES string of the molecule is CC(=O)C1CC=C(c2cc(C(=O)NS(=O)(=O)c3cccc(N)n3)c(N3CC(C)CC3(C)C)nc2C(C)(C)C)CC1. The van der Waals surface area contributed by atoms with Crippen LogP contribution in [0.2, 0.25) is 0 Å². The van der Waals surface area contributed by atoms with E-state index < -0.39 is 15.9 Å². The standard InChI is InChI=1S/C30H41N5O4S/c1-18-16-30(6,7)35(17-18)27-23(28(37)34-40(38,39)25-10-8-9-24(31)32-25)15-22(26(33-27)29(3,4)5)21-13-11-20(12-14-21)19(2)36/h8-10,13,15,18,20H,11-12,14,16-17H2,1-7H3,(H2,31,32)(H,34,37). The van der Waals surface area contributed by atoms with Crippen LogP contribution in [0.25, 0.3) is 5.57 Å². The fourth-order valence-corrected chi connectivity index (χ4v) is 6.85. The van der Waals surface area contributed by atoms with E-state index in [1.54, 1.807) is 13.0 Å². The van der Waals surface area contributed by atoms with Crippen LogP contribution in [-0.2, 0) is 20.2 Å². The smallest absolute Gasteiger partial charge is 0.281 e. The van der Waals surface area contributed by atoms with Crippen molar-refractivity contribution in [3.63, 3.8) is 0 Å². The number of hydrogen-bond acceptors (Lipinski definition) is 8. The number of hydrogen-bond donors (Lipinski definition) is 2. The molecule has 2 aromatic heterocycles. The van der Waals surface area contributed by atoms with Gasteiger partial charge in [0.15, 0.2) is 5.03 Å². The average molecular weight is 568 g/mol. The first-order chi connectivity index (χ1) is 18.5. The number of nitrogen functional groups attached to an aromatic ring is 1. The van der Waals surface area contributed by atoms with E-state index in [1.165, 1.54) is 18.2 Å².